The van der Waals surface area contributed by atoms with Gasteiger partial charge in [0.2, 0.25) is 5.91 Å². The second-order valence-electron chi connectivity index (χ2n) is 12.8. The van der Waals surface area contributed by atoms with Gasteiger partial charge in [0.05, 0.1) is 26.8 Å². The Hall–Kier alpha value is 0.828. The van der Waals surface area contributed by atoms with E-state index in [1.165, 1.54) is 0 Å². The second-order valence-corrected chi connectivity index (χ2v) is 29.8. The summed E-state index contributed by atoms with van der Waals surface area (Å²) in [6.07, 6.45) is 4.10. The van der Waals surface area contributed by atoms with E-state index in [2.05, 4.69) is 71.3 Å². The molecule has 0 aliphatic rings. The van der Waals surface area contributed by atoms with Gasteiger partial charge in [-0.25, -0.2) is 0 Å². The largest absolute Gasteiger partial charge is 1.00 e. The monoisotopic (exact) mass is 696 g/mol. The van der Waals surface area contributed by atoms with Crippen molar-refractivity contribution < 1.29 is 55.8 Å². The number of quaternary nitrogens is 1. The van der Waals surface area contributed by atoms with Crippen LogP contribution in [-0.4, -0.2) is 101 Å². The van der Waals surface area contributed by atoms with Crippen LogP contribution in [-0.2, 0) is 17.1 Å². The number of carbonyl (C=O) groups excluding carboxylic acids is 1. The molecule has 0 aliphatic heterocycles. The first-order chi connectivity index (χ1) is 15.8. The van der Waals surface area contributed by atoms with Gasteiger partial charge in [-0.2, -0.15) is 0 Å². The number of halogens is 1. The summed E-state index contributed by atoms with van der Waals surface area (Å²) in [6, 6.07) is 0.734. The molecule has 0 fully saturated rings. The fourth-order valence-electron chi connectivity index (χ4n) is 4.01. The van der Waals surface area contributed by atoms with E-state index in [9.17, 15) is 15.0 Å². The topological polar surface area (TPSA) is 97.3 Å². The first kappa shape index (κ1) is 39.0. The lowest BCUT2D eigenvalue weighted by Crippen LogP contribution is -3.00. The molecule has 0 atom stereocenters. The summed E-state index contributed by atoms with van der Waals surface area (Å²) in [5.41, 5.74) is 0. The van der Waals surface area contributed by atoms with Crippen molar-refractivity contribution in [3.8, 4) is 0 Å². The lowest BCUT2D eigenvalue weighted by molar-refractivity contribution is -0.910. The maximum absolute atomic E-state index is 12.4. The molecule has 0 aliphatic carbocycles. The molecular formula is C23H57IN2O6Si4. The first-order valence-corrected chi connectivity index (χ1v) is 25.4. The lowest BCUT2D eigenvalue weighted by Gasteiger charge is -2.43. The van der Waals surface area contributed by atoms with Crippen LogP contribution < -0.4 is 29.3 Å². The fraction of sp³-hybridized carbons (Fsp3) is 0.957. The molecule has 0 spiro atoms. The zero-order valence-electron chi connectivity index (χ0n) is 24.8. The molecule has 0 radical (unpaired) electrons. The molecule has 0 aromatic heterocycles. The van der Waals surface area contributed by atoms with Gasteiger partial charge in [0, 0.05) is 19.0 Å². The van der Waals surface area contributed by atoms with Gasteiger partial charge in [0.1, 0.15) is 13.1 Å². The second kappa shape index (κ2) is 17.5. The molecule has 13 heteroatoms. The summed E-state index contributed by atoms with van der Waals surface area (Å²) in [4.78, 5) is 12.4. The molecule has 0 bridgehead atoms. The zero-order valence-corrected chi connectivity index (χ0v) is 31.0. The zero-order chi connectivity index (χ0) is 27.4. The Morgan fingerprint density at radius 2 is 1.17 bits per heavy atom. The van der Waals surface area contributed by atoms with Gasteiger partial charge in [-0.3, -0.25) is 4.79 Å². The number of unbranched alkanes of at least 4 members (excludes halogenated alkanes) is 2. The van der Waals surface area contributed by atoms with Crippen LogP contribution in [0, 0.1) is 0 Å². The van der Waals surface area contributed by atoms with E-state index in [0.717, 1.165) is 38.3 Å². The Morgan fingerprint density at radius 1 is 0.722 bits per heavy atom. The third kappa shape index (κ3) is 20.7. The van der Waals surface area contributed by atoms with Gasteiger partial charge >= 0.3 is 8.80 Å². The average Bonchev–Trinajstić information content (AvgIpc) is 2.61. The fourth-order valence-corrected chi connectivity index (χ4v) is 18.7. The van der Waals surface area contributed by atoms with Crippen molar-refractivity contribution >= 4 is 39.7 Å². The smallest absolute Gasteiger partial charge is 0.469 e. The number of carbonyl (C=O) groups is 1. The Balaban J connectivity index is 0. The van der Waals surface area contributed by atoms with E-state index < -0.39 is 33.8 Å². The molecule has 218 valence electrons. The number of likely N-dealkylation sites (N-methyl/N-ethyl adjacent to an activating group) is 1. The van der Waals surface area contributed by atoms with Crippen molar-refractivity contribution in [2.75, 3.05) is 46.4 Å². The highest BCUT2D eigenvalue weighted by atomic mass is 127. The van der Waals surface area contributed by atoms with Gasteiger partial charge in [-0.05, 0) is 84.6 Å². The summed E-state index contributed by atoms with van der Waals surface area (Å²) >= 11 is 0. The summed E-state index contributed by atoms with van der Waals surface area (Å²) in [5.74, 6) is 0.0866. The van der Waals surface area contributed by atoms with Gasteiger partial charge in [-0.1, -0.05) is 0 Å². The molecule has 3 N–H and O–H groups in total. The summed E-state index contributed by atoms with van der Waals surface area (Å²) in [5, 5.41) is 21.6. The maximum Gasteiger partial charge on any atom is 0.469 e. The minimum Gasteiger partial charge on any atom is -1.00 e. The van der Waals surface area contributed by atoms with Crippen LogP contribution in [0.1, 0.15) is 32.1 Å². The summed E-state index contributed by atoms with van der Waals surface area (Å²) < 4.78 is 20.8. The van der Waals surface area contributed by atoms with Crippen molar-refractivity contribution in [2.45, 2.75) is 97.1 Å². The van der Waals surface area contributed by atoms with Crippen molar-refractivity contribution in [3.63, 3.8) is 0 Å². The van der Waals surface area contributed by atoms with Crippen molar-refractivity contribution in [1.82, 2.24) is 5.32 Å². The molecule has 8 nitrogen and oxygen atoms in total. The molecule has 0 saturated carbocycles. The molecule has 0 saturated heterocycles. The lowest BCUT2D eigenvalue weighted by atomic mass is 10.1. The molecule has 0 aromatic carbocycles. The molecule has 1 amide bonds. The molecule has 0 rings (SSSR count). The molecular weight excluding hydrogens is 640 g/mol. The average molecular weight is 697 g/mol. The highest BCUT2D eigenvalue weighted by molar-refractivity contribution is 6.90. The Labute approximate surface area is 243 Å². The summed E-state index contributed by atoms with van der Waals surface area (Å²) in [6.45, 7) is 22.7. The Bertz CT molecular complexity index is 566. The van der Waals surface area contributed by atoms with E-state index in [-0.39, 0.29) is 43.1 Å². The van der Waals surface area contributed by atoms with E-state index in [1.54, 1.807) is 0 Å². The van der Waals surface area contributed by atoms with Crippen LogP contribution in [0.2, 0.25) is 65.0 Å². The standard InChI is InChI=1S/C23H56N2O6Si4.HI/c1-25(18-20-26,19-21-27)17-13-11-12-15-23(28)24-16-14-22-35(29-32(2,3)4,30-33(5,6)7)31-34(8,9)10;/h26-27H,11-22H2,1-10H3;1H. The van der Waals surface area contributed by atoms with Gasteiger partial charge in [0.25, 0.3) is 0 Å². The van der Waals surface area contributed by atoms with Crippen molar-refractivity contribution in [1.29, 1.82) is 0 Å². The van der Waals surface area contributed by atoms with Crippen LogP contribution in [0.5, 0.6) is 0 Å². The molecule has 36 heavy (non-hydrogen) atoms. The predicted octanol–water partition coefficient (Wildman–Crippen LogP) is 0.982. The van der Waals surface area contributed by atoms with Crippen LogP contribution >= 0.6 is 0 Å². The maximum atomic E-state index is 12.4. The minimum absolute atomic E-state index is 0. The molecule has 0 heterocycles. The SMILES string of the molecule is C[N+](CCO)(CCO)CCCCCC(=O)NCCC[Si](O[Si](C)(C)C)(O[Si](C)(C)C)O[Si](C)(C)C.[I-]. The van der Waals surface area contributed by atoms with E-state index in [4.69, 9.17) is 12.3 Å². The predicted molar refractivity (Wildman–Crippen MR) is 155 cm³/mol. The van der Waals surface area contributed by atoms with Gasteiger partial charge < -0.3 is 56.3 Å². The number of rotatable bonds is 20. The van der Waals surface area contributed by atoms with Crippen molar-refractivity contribution in [2.24, 2.45) is 0 Å². The van der Waals surface area contributed by atoms with E-state index in [0.29, 0.717) is 30.5 Å². The first-order valence-electron chi connectivity index (χ1n) is 13.3. The normalized spacial score (nSPS) is 13.4. The highest BCUT2D eigenvalue weighted by Gasteiger charge is 2.49. The van der Waals surface area contributed by atoms with Crippen LogP contribution in [0.4, 0.5) is 0 Å². The number of nitrogens with one attached hydrogen (secondary N) is 1. The number of hydrogen-bond donors (Lipinski definition) is 3. The van der Waals surface area contributed by atoms with Crippen molar-refractivity contribution in [3.05, 3.63) is 0 Å². The van der Waals surface area contributed by atoms with E-state index in [1.807, 2.05) is 0 Å². The number of amides is 1. The van der Waals surface area contributed by atoms with Crippen LogP contribution in [0.3, 0.4) is 0 Å². The van der Waals surface area contributed by atoms with E-state index >= 15 is 0 Å². The molecule has 0 unspecified atom stereocenters. The van der Waals surface area contributed by atoms with Crippen LogP contribution in [0.15, 0.2) is 0 Å². The van der Waals surface area contributed by atoms with Gasteiger partial charge in [-0.15, -0.1) is 0 Å². The third-order valence-corrected chi connectivity index (χ3v) is 17.3. The summed E-state index contributed by atoms with van der Waals surface area (Å²) in [7, 11) is -6.44. The van der Waals surface area contributed by atoms with Crippen LogP contribution in [0.25, 0.3) is 0 Å². The number of aliphatic hydroxyl groups excluding tert-OH is 2. The minimum atomic E-state index is -2.85. The third-order valence-electron chi connectivity index (χ3n) is 5.25. The highest BCUT2D eigenvalue weighted by Crippen LogP contribution is 2.29. The number of hydrogen-bond acceptors (Lipinski definition) is 6. The Morgan fingerprint density at radius 3 is 1.56 bits per heavy atom. The van der Waals surface area contributed by atoms with Gasteiger partial charge in [0.15, 0.2) is 25.0 Å². The Kier molecular flexibility index (Phi) is 18.9. The molecule has 0 aromatic rings. The quantitative estimate of drug-likeness (QED) is 0.0761. The number of aliphatic hydroxyl groups is 2. The number of nitrogens with zero attached hydrogens (tertiary/aromatic N) is 1.